The van der Waals surface area contributed by atoms with Crippen LogP contribution in [0.1, 0.15) is 43.2 Å². The van der Waals surface area contributed by atoms with Crippen LogP contribution >= 0.6 is 0 Å². The SMILES string of the molecule is c1ccc(C2=C(c3ccccc3)N=C(CCCOC3CCCCO3)[N]2)cc1. The van der Waals surface area contributed by atoms with Crippen LogP contribution in [0.2, 0.25) is 0 Å². The van der Waals surface area contributed by atoms with Crippen molar-refractivity contribution in [2.75, 3.05) is 13.2 Å². The summed E-state index contributed by atoms with van der Waals surface area (Å²) < 4.78 is 11.4. The molecule has 0 amide bonds. The summed E-state index contributed by atoms with van der Waals surface area (Å²) in [6.45, 7) is 1.50. The summed E-state index contributed by atoms with van der Waals surface area (Å²) in [5, 5.41) is 4.84. The summed E-state index contributed by atoms with van der Waals surface area (Å²) in [4.78, 5) is 4.84. The minimum absolute atomic E-state index is 0.0286. The Morgan fingerprint density at radius 2 is 1.59 bits per heavy atom. The maximum Gasteiger partial charge on any atom is 0.157 e. The Morgan fingerprint density at radius 1 is 0.889 bits per heavy atom. The second-order valence-electron chi connectivity index (χ2n) is 6.84. The number of rotatable bonds is 7. The molecule has 0 saturated carbocycles. The quantitative estimate of drug-likeness (QED) is 0.662. The van der Waals surface area contributed by atoms with Gasteiger partial charge in [-0.3, -0.25) is 0 Å². The molecule has 2 aliphatic rings. The van der Waals surface area contributed by atoms with Gasteiger partial charge in [-0.1, -0.05) is 60.7 Å². The van der Waals surface area contributed by atoms with Crippen LogP contribution in [0, 0.1) is 0 Å². The van der Waals surface area contributed by atoms with E-state index in [0.29, 0.717) is 6.61 Å². The monoisotopic (exact) mass is 361 g/mol. The van der Waals surface area contributed by atoms with E-state index >= 15 is 0 Å². The molecule has 0 bridgehead atoms. The zero-order valence-corrected chi connectivity index (χ0v) is 15.5. The molecule has 0 N–H and O–H groups in total. The highest BCUT2D eigenvalue weighted by atomic mass is 16.7. The highest BCUT2D eigenvalue weighted by molar-refractivity contribution is 6.07. The number of ether oxygens (including phenoxy) is 2. The van der Waals surface area contributed by atoms with E-state index in [2.05, 4.69) is 24.3 Å². The highest BCUT2D eigenvalue weighted by Gasteiger charge is 2.22. The first kappa shape index (κ1) is 18.0. The molecule has 4 rings (SSSR count). The van der Waals surface area contributed by atoms with Gasteiger partial charge in [0.25, 0.3) is 0 Å². The van der Waals surface area contributed by atoms with Crippen molar-refractivity contribution in [3.63, 3.8) is 0 Å². The highest BCUT2D eigenvalue weighted by Crippen LogP contribution is 2.31. The number of aliphatic imine (C=N–C) groups is 1. The molecule has 2 aliphatic heterocycles. The van der Waals surface area contributed by atoms with Crippen molar-refractivity contribution in [2.45, 2.75) is 38.4 Å². The van der Waals surface area contributed by atoms with Crippen LogP contribution < -0.4 is 5.32 Å². The van der Waals surface area contributed by atoms with Gasteiger partial charge >= 0.3 is 0 Å². The third kappa shape index (κ3) is 4.65. The van der Waals surface area contributed by atoms with Gasteiger partial charge in [0.1, 0.15) is 5.84 Å². The fourth-order valence-corrected chi connectivity index (χ4v) is 3.38. The lowest BCUT2D eigenvalue weighted by atomic mass is 10.1. The molecule has 1 fully saturated rings. The molecule has 27 heavy (non-hydrogen) atoms. The number of hydrogen-bond donors (Lipinski definition) is 0. The largest absolute Gasteiger partial charge is 0.353 e. The maximum atomic E-state index is 5.83. The van der Waals surface area contributed by atoms with Gasteiger partial charge in [-0.25, -0.2) is 10.3 Å². The first-order valence-corrected chi connectivity index (χ1v) is 9.78. The number of nitrogens with zero attached hydrogens (tertiary/aromatic N) is 2. The van der Waals surface area contributed by atoms with Crippen molar-refractivity contribution in [1.29, 1.82) is 0 Å². The van der Waals surface area contributed by atoms with E-state index in [1.54, 1.807) is 0 Å². The number of benzene rings is 2. The second kappa shape index (κ2) is 8.98. The molecule has 2 aromatic carbocycles. The zero-order valence-electron chi connectivity index (χ0n) is 15.5. The molecule has 4 heteroatoms. The molecule has 2 heterocycles. The van der Waals surface area contributed by atoms with Gasteiger partial charge in [0.05, 0.1) is 18.0 Å². The first-order valence-electron chi connectivity index (χ1n) is 9.78. The van der Waals surface area contributed by atoms with Crippen LogP contribution in [0.3, 0.4) is 0 Å². The summed E-state index contributed by atoms with van der Waals surface area (Å²) >= 11 is 0. The molecule has 1 unspecified atom stereocenters. The van der Waals surface area contributed by atoms with Crippen LogP contribution in [0.25, 0.3) is 11.4 Å². The van der Waals surface area contributed by atoms with Crippen LogP contribution in [-0.2, 0) is 9.47 Å². The number of amidine groups is 1. The third-order valence-corrected chi connectivity index (χ3v) is 4.79. The van der Waals surface area contributed by atoms with E-state index in [1.807, 2.05) is 36.4 Å². The van der Waals surface area contributed by atoms with Gasteiger partial charge in [-0.05, 0) is 25.7 Å². The molecule has 139 valence electrons. The van der Waals surface area contributed by atoms with E-state index in [4.69, 9.17) is 19.8 Å². The van der Waals surface area contributed by atoms with Crippen LogP contribution in [-0.4, -0.2) is 25.3 Å². The molecule has 1 atom stereocenters. The van der Waals surface area contributed by atoms with Gasteiger partial charge in [0.15, 0.2) is 6.29 Å². The predicted octanol–water partition coefficient (Wildman–Crippen LogP) is 4.85. The Morgan fingerprint density at radius 3 is 2.26 bits per heavy atom. The van der Waals surface area contributed by atoms with Crippen LogP contribution in [0.5, 0.6) is 0 Å². The Hall–Kier alpha value is -2.43. The van der Waals surface area contributed by atoms with Crippen molar-refractivity contribution in [1.82, 2.24) is 5.32 Å². The van der Waals surface area contributed by atoms with E-state index < -0.39 is 0 Å². The van der Waals surface area contributed by atoms with Crippen LogP contribution in [0.4, 0.5) is 0 Å². The molecular weight excluding hydrogens is 336 g/mol. The Kier molecular flexibility index (Phi) is 5.97. The predicted molar refractivity (Wildman–Crippen MR) is 108 cm³/mol. The van der Waals surface area contributed by atoms with E-state index in [1.165, 1.54) is 6.42 Å². The first-order chi connectivity index (χ1) is 13.4. The average molecular weight is 361 g/mol. The minimum Gasteiger partial charge on any atom is -0.353 e. The van der Waals surface area contributed by atoms with Gasteiger partial charge in [0.2, 0.25) is 0 Å². The molecular formula is C23H25N2O2. The fourth-order valence-electron chi connectivity index (χ4n) is 3.38. The van der Waals surface area contributed by atoms with Crippen molar-refractivity contribution >= 4 is 17.2 Å². The third-order valence-electron chi connectivity index (χ3n) is 4.79. The fraction of sp³-hybridized carbons (Fsp3) is 0.348. The molecule has 4 nitrogen and oxygen atoms in total. The maximum absolute atomic E-state index is 5.83. The summed E-state index contributed by atoms with van der Waals surface area (Å²) in [6, 6.07) is 20.5. The summed E-state index contributed by atoms with van der Waals surface area (Å²) in [5.41, 5.74) is 4.10. The normalized spacial score (nSPS) is 19.7. The van der Waals surface area contributed by atoms with Crippen LogP contribution in [0.15, 0.2) is 65.7 Å². The molecule has 2 aromatic rings. The second-order valence-corrected chi connectivity index (χ2v) is 6.84. The average Bonchev–Trinajstić information content (AvgIpc) is 3.18. The summed E-state index contributed by atoms with van der Waals surface area (Å²) in [5.74, 6) is 0.876. The summed E-state index contributed by atoms with van der Waals surface area (Å²) in [7, 11) is 0. The lowest BCUT2D eigenvalue weighted by Crippen LogP contribution is -2.23. The van der Waals surface area contributed by atoms with Crippen molar-refractivity contribution < 1.29 is 9.47 Å². The van der Waals surface area contributed by atoms with Gasteiger partial charge in [-0.15, -0.1) is 0 Å². The smallest absolute Gasteiger partial charge is 0.157 e. The lowest BCUT2D eigenvalue weighted by Gasteiger charge is -2.22. The van der Waals surface area contributed by atoms with Crippen molar-refractivity contribution in [3.05, 3.63) is 71.8 Å². The summed E-state index contributed by atoms with van der Waals surface area (Å²) in [6.07, 6.45) is 5.01. The molecule has 0 aliphatic carbocycles. The van der Waals surface area contributed by atoms with Gasteiger partial charge < -0.3 is 9.47 Å². The van der Waals surface area contributed by atoms with E-state index in [9.17, 15) is 0 Å². The van der Waals surface area contributed by atoms with Crippen molar-refractivity contribution in [2.24, 2.45) is 4.99 Å². The number of hydrogen-bond acceptors (Lipinski definition) is 3. The van der Waals surface area contributed by atoms with Crippen molar-refractivity contribution in [3.8, 4) is 0 Å². The van der Waals surface area contributed by atoms with Gasteiger partial charge in [0, 0.05) is 24.2 Å². The minimum atomic E-state index is -0.0286. The van der Waals surface area contributed by atoms with Gasteiger partial charge in [-0.2, -0.15) is 0 Å². The molecule has 1 radical (unpaired) electrons. The van der Waals surface area contributed by atoms with E-state index in [-0.39, 0.29) is 6.29 Å². The Bertz CT molecular complexity index is 794. The zero-order chi connectivity index (χ0) is 18.3. The topological polar surface area (TPSA) is 44.9 Å². The lowest BCUT2D eigenvalue weighted by molar-refractivity contribution is -0.162. The molecule has 1 saturated heterocycles. The Labute approximate surface area is 160 Å². The molecule has 0 aromatic heterocycles. The standard InChI is InChI=1S/C23H25N2O2/c1-3-10-18(11-4-1)22-23(19-12-5-2-6-13-19)25-20(24-22)14-9-17-27-21-15-7-8-16-26-21/h1-6,10-13,21H,7-9,14-17H2. The van der Waals surface area contributed by atoms with E-state index in [0.717, 1.165) is 60.6 Å². The molecule has 0 spiro atoms. The Balaban J connectivity index is 1.40.